The maximum Gasteiger partial charge on any atom is 0.347 e. The van der Waals surface area contributed by atoms with Crippen LogP contribution >= 0.6 is 22.9 Å². The van der Waals surface area contributed by atoms with Crippen molar-refractivity contribution in [2.45, 2.75) is 33.2 Å². The van der Waals surface area contributed by atoms with Crippen molar-refractivity contribution in [2.75, 3.05) is 0 Å². The van der Waals surface area contributed by atoms with Gasteiger partial charge in [0.2, 0.25) is 5.91 Å². The van der Waals surface area contributed by atoms with Gasteiger partial charge in [-0.15, -0.1) is 11.3 Å². The summed E-state index contributed by atoms with van der Waals surface area (Å²) in [5, 5.41) is 13.2. The van der Waals surface area contributed by atoms with E-state index in [0.717, 1.165) is 16.9 Å². The van der Waals surface area contributed by atoms with Crippen LogP contribution in [0.4, 0.5) is 0 Å². The summed E-state index contributed by atoms with van der Waals surface area (Å²) in [4.78, 5) is 27.9. The first-order chi connectivity index (χ1) is 11.3. The topological polar surface area (TPSA) is 79.3 Å². The van der Waals surface area contributed by atoms with E-state index in [1.165, 1.54) is 0 Å². The molecule has 2 aromatic rings. The van der Waals surface area contributed by atoms with E-state index in [4.69, 9.17) is 16.7 Å². The molecule has 0 radical (unpaired) electrons. The van der Waals surface area contributed by atoms with Gasteiger partial charge in [0.15, 0.2) is 0 Å². The van der Waals surface area contributed by atoms with E-state index < -0.39 is 5.97 Å². The number of amides is 1. The minimum atomic E-state index is -0.998. The summed E-state index contributed by atoms with van der Waals surface area (Å²) in [6.07, 6.45) is 0.537. The fourth-order valence-corrected chi connectivity index (χ4v) is 3.43. The summed E-state index contributed by atoms with van der Waals surface area (Å²) in [5.41, 5.74) is 1.39. The van der Waals surface area contributed by atoms with Crippen LogP contribution in [0.1, 0.15) is 45.8 Å². The van der Waals surface area contributed by atoms with E-state index in [9.17, 15) is 9.59 Å². The third kappa shape index (κ3) is 4.33. The van der Waals surface area contributed by atoms with Crippen molar-refractivity contribution in [2.24, 2.45) is 5.92 Å². The summed E-state index contributed by atoms with van der Waals surface area (Å²) in [6.45, 7) is 5.28. The summed E-state index contributed by atoms with van der Waals surface area (Å²) >= 11 is 7.22. The Morgan fingerprint density at radius 3 is 2.58 bits per heavy atom. The van der Waals surface area contributed by atoms with Crippen LogP contribution in [0.5, 0.6) is 0 Å². The van der Waals surface area contributed by atoms with Crippen LogP contribution in [0.2, 0.25) is 5.02 Å². The zero-order chi connectivity index (χ0) is 17.9. The van der Waals surface area contributed by atoms with Crippen LogP contribution in [-0.4, -0.2) is 22.0 Å². The molecule has 128 valence electrons. The summed E-state index contributed by atoms with van der Waals surface area (Å²) in [5.74, 6) is -1.37. The fourth-order valence-electron chi connectivity index (χ4n) is 2.30. The Hall–Kier alpha value is -1.92. The molecule has 0 aliphatic heterocycles. The van der Waals surface area contributed by atoms with Crippen LogP contribution in [0, 0.1) is 12.8 Å². The molecule has 1 heterocycles. The lowest BCUT2D eigenvalue weighted by atomic mass is 10.00. The Morgan fingerprint density at radius 2 is 2.00 bits per heavy atom. The summed E-state index contributed by atoms with van der Waals surface area (Å²) in [7, 11) is 0. The molecule has 0 saturated carbocycles. The van der Waals surface area contributed by atoms with Gasteiger partial charge in [0.1, 0.15) is 9.88 Å². The number of hydrogen-bond donors (Lipinski definition) is 2. The molecule has 0 aliphatic rings. The molecule has 0 fully saturated rings. The first-order valence-electron chi connectivity index (χ1n) is 7.54. The number of carbonyl (C=O) groups excluding carboxylic acids is 1. The number of aryl methyl sites for hydroxylation is 1. The first-order valence-corrected chi connectivity index (χ1v) is 8.73. The van der Waals surface area contributed by atoms with Crippen LogP contribution in [0.3, 0.4) is 0 Å². The van der Waals surface area contributed by atoms with Crippen molar-refractivity contribution >= 4 is 34.8 Å². The molecule has 1 aromatic heterocycles. The molecule has 1 amide bonds. The second-order valence-corrected chi connectivity index (χ2v) is 7.14. The standard InChI is InChI=1S/C17H19ClN2O3S/c1-9(8-12-6-4-5-7-13(12)18)15(21)19-11(3)16-20-10(2)14(24-16)17(22)23/h4-7,9,11H,8H2,1-3H3,(H,19,21)(H,22,23). The van der Waals surface area contributed by atoms with E-state index >= 15 is 0 Å². The number of aromatic carboxylic acids is 1. The Morgan fingerprint density at radius 1 is 1.33 bits per heavy atom. The molecule has 24 heavy (non-hydrogen) atoms. The molecule has 0 saturated heterocycles. The number of benzene rings is 1. The third-order valence-corrected chi connectivity index (χ3v) is 5.36. The molecule has 2 rings (SSSR count). The number of hydrogen-bond acceptors (Lipinski definition) is 4. The van der Waals surface area contributed by atoms with Crippen LogP contribution in [-0.2, 0) is 11.2 Å². The lowest BCUT2D eigenvalue weighted by Crippen LogP contribution is -2.32. The second-order valence-electron chi connectivity index (χ2n) is 5.70. The third-order valence-electron chi connectivity index (χ3n) is 3.67. The van der Waals surface area contributed by atoms with Crippen molar-refractivity contribution in [3.05, 3.63) is 50.4 Å². The van der Waals surface area contributed by atoms with Crippen LogP contribution in [0.15, 0.2) is 24.3 Å². The molecule has 5 nitrogen and oxygen atoms in total. The molecule has 0 bridgehead atoms. The highest BCUT2D eigenvalue weighted by Gasteiger charge is 2.21. The number of nitrogens with zero attached hydrogens (tertiary/aromatic N) is 1. The number of thiazole rings is 1. The van der Waals surface area contributed by atoms with Gasteiger partial charge in [-0.1, -0.05) is 36.7 Å². The molecule has 1 aromatic carbocycles. The number of rotatable bonds is 6. The number of halogens is 1. The smallest absolute Gasteiger partial charge is 0.347 e. The van der Waals surface area contributed by atoms with E-state index in [-0.39, 0.29) is 22.7 Å². The van der Waals surface area contributed by atoms with E-state index in [1.807, 2.05) is 25.1 Å². The number of nitrogens with one attached hydrogen (secondary N) is 1. The van der Waals surface area contributed by atoms with Gasteiger partial charge in [-0.2, -0.15) is 0 Å². The van der Waals surface area contributed by atoms with Gasteiger partial charge in [0.05, 0.1) is 11.7 Å². The van der Waals surface area contributed by atoms with Crippen LogP contribution < -0.4 is 5.32 Å². The molecule has 2 atom stereocenters. The predicted octanol–water partition coefficient (Wildman–Crippen LogP) is 3.86. The van der Waals surface area contributed by atoms with Gasteiger partial charge in [-0.3, -0.25) is 4.79 Å². The van der Waals surface area contributed by atoms with Gasteiger partial charge in [0.25, 0.3) is 0 Å². The van der Waals surface area contributed by atoms with Gasteiger partial charge < -0.3 is 10.4 Å². The summed E-state index contributed by atoms with van der Waals surface area (Å²) < 4.78 is 0. The van der Waals surface area contributed by atoms with Crippen LogP contribution in [0.25, 0.3) is 0 Å². The van der Waals surface area contributed by atoms with Gasteiger partial charge in [0, 0.05) is 10.9 Å². The zero-order valence-electron chi connectivity index (χ0n) is 13.7. The van der Waals surface area contributed by atoms with Crippen molar-refractivity contribution in [3.63, 3.8) is 0 Å². The molecule has 7 heteroatoms. The average molecular weight is 367 g/mol. The Balaban J connectivity index is 2.02. The molecular weight excluding hydrogens is 348 g/mol. The van der Waals surface area contributed by atoms with E-state index in [1.54, 1.807) is 19.9 Å². The Kier molecular flexibility index (Phi) is 5.96. The van der Waals surface area contributed by atoms with Crippen molar-refractivity contribution in [1.29, 1.82) is 0 Å². The highest BCUT2D eigenvalue weighted by atomic mass is 35.5. The van der Waals surface area contributed by atoms with Gasteiger partial charge in [-0.05, 0) is 31.9 Å². The minimum absolute atomic E-state index is 0.118. The Bertz CT molecular complexity index is 760. The number of carboxylic acid groups (broad SMARTS) is 1. The quantitative estimate of drug-likeness (QED) is 0.813. The fraction of sp³-hybridized carbons (Fsp3) is 0.353. The van der Waals surface area contributed by atoms with Crippen molar-refractivity contribution in [3.8, 4) is 0 Å². The van der Waals surface area contributed by atoms with E-state index in [0.29, 0.717) is 22.1 Å². The first kappa shape index (κ1) is 18.4. The monoisotopic (exact) mass is 366 g/mol. The number of carboxylic acids is 1. The van der Waals surface area contributed by atoms with E-state index in [2.05, 4.69) is 10.3 Å². The van der Waals surface area contributed by atoms with Crippen molar-refractivity contribution < 1.29 is 14.7 Å². The maximum atomic E-state index is 12.4. The summed E-state index contributed by atoms with van der Waals surface area (Å²) in [6, 6.07) is 7.10. The normalized spacial score (nSPS) is 13.3. The maximum absolute atomic E-state index is 12.4. The number of carbonyl (C=O) groups is 2. The largest absolute Gasteiger partial charge is 0.477 e. The lowest BCUT2D eigenvalue weighted by Gasteiger charge is -2.16. The molecule has 0 spiro atoms. The highest BCUT2D eigenvalue weighted by molar-refractivity contribution is 7.13. The van der Waals surface area contributed by atoms with Gasteiger partial charge >= 0.3 is 5.97 Å². The van der Waals surface area contributed by atoms with Crippen molar-refractivity contribution in [1.82, 2.24) is 10.3 Å². The zero-order valence-corrected chi connectivity index (χ0v) is 15.2. The average Bonchev–Trinajstić information content (AvgIpc) is 2.91. The Labute approximate surface area is 149 Å². The number of aromatic nitrogens is 1. The van der Waals surface area contributed by atoms with Gasteiger partial charge in [-0.25, -0.2) is 9.78 Å². The highest BCUT2D eigenvalue weighted by Crippen LogP contribution is 2.24. The minimum Gasteiger partial charge on any atom is -0.477 e. The molecule has 0 aliphatic carbocycles. The predicted molar refractivity (Wildman–Crippen MR) is 94.7 cm³/mol. The molecule has 2 unspecified atom stereocenters. The molecular formula is C17H19ClN2O3S. The second kappa shape index (κ2) is 7.77. The lowest BCUT2D eigenvalue weighted by molar-refractivity contribution is -0.125. The SMILES string of the molecule is Cc1nc(C(C)NC(=O)C(C)Cc2ccccc2Cl)sc1C(=O)O. The molecule has 2 N–H and O–H groups in total.